The van der Waals surface area contributed by atoms with E-state index in [1.807, 2.05) is 0 Å². The predicted octanol–water partition coefficient (Wildman–Crippen LogP) is 4.49. The van der Waals surface area contributed by atoms with Crippen molar-refractivity contribution in [1.29, 1.82) is 10.5 Å². The van der Waals surface area contributed by atoms with Crippen molar-refractivity contribution in [2.75, 3.05) is 0 Å². The Hall–Kier alpha value is -2.43. The van der Waals surface area contributed by atoms with Crippen molar-refractivity contribution >= 4 is 0 Å². The summed E-state index contributed by atoms with van der Waals surface area (Å²) in [6.45, 7) is 0. The van der Waals surface area contributed by atoms with Gasteiger partial charge in [-0.25, -0.2) is 0 Å². The minimum atomic E-state index is -6.03. The number of nitriles is 2. The summed E-state index contributed by atoms with van der Waals surface area (Å²) in [6.07, 6.45) is -17.7. The van der Waals surface area contributed by atoms with Crippen LogP contribution in [0.4, 0.5) is 39.5 Å². The maximum absolute atomic E-state index is 12.8. The molecule has 0 heterocycles. The summed E-state index contributed by atoms with van der Waals surface area (Å²) in [5, 5.41) is 17.0. The zero-order valence-electron chi connectivity index (χ0n) is 9.87. The molecular formula is C11HF9N2. The zero-order chi connectivity index (χ0) is 17.5. The highest BCUT2D eigenvalue weighted by molar-refractivity contribution is 5.59. The van der Waals surface area contributed by atoms with Crippen molar-refractivity contribution in [3.63, 3.8) is 0 Å². The van der Waals surface area contributed by atoms with Crippen LogP contribution in [-0.2, 0) is 18.5 Å². The molecule has 0 fully saturated rings. The first-order chi connectivity index (χ1) is 9.75. The third kappa shape index (κ3) is 3.08. The van der Waals surface area contributed by atoms with Crippen molar-refractivity contribution < 1.29 is 39.5 Å². The van der Waals surface area contributed by atoms with Gasteiger partial charge in [0.15, 0.2) is 0 Å². The number of halogens is 9. The molecule has 118 valence electrons. The molecule has 0 saturated heterocycles. The van der Waals surface area contributed by atoms with Crippen LogP contribution in [0.3, 0.4) is 0 Å². The van der Waals surface area contributed by atoms with Crippen LogP contribution in [0.25, 0.3) is 0 Å². The fourth-order valence-electron chi connectivity index (χ4n) is 1.69. The van der Waals surface area contributed by atoms with Gasteiger partial charge in [-0.1, -0.05) is 0 Å². The van der Waals surface area contributed by atoms with Gasteiger partial charge < -0.3 is 0 Å². The normalized spacial score (nSPS) is 12.7. The molecule has 0 aliphatic heterocycles. The summed E-state index contributed by atoms with van der Waals surface area (Å²) in [5.74, 6) is 0. The van der Waals surface area contributed by atoms with E-state index in [-0.39, 0.29) is 0 Å². The SMILES string of the molecule is N#Cc1cc(C(F)(F)F)c(C(F)(F)F)c(C(F)(F)F)c1C#N. The summed E-state index contributed by atoms with van der Waals surface area (Å²) in [7, 11) is 0. The molecule has 0 atom stereocenters. The van der Waals surface area contributed by atoms with Gasteiger partial charge in [-0.2, -0.15) is 50.0 Å². The van der Waals surface area contributed by atoms with E-state index in [0.717, 1.165) is 6.07 Å². The Morgan fingerprint density at radius 1 is 0.682 bits per heavy atom. The van der Waals surface area contributed by atoms with Crippen molar-refractivity contribution in [3.05, 3.63) is 33.9 Å². The van der Waals surface area contributed by atoms with Gasteiger partial charge in [-0.15, -0.1) is 0 Å². The van der Waals surface area contributed by atoms with Crippen LogP contribution in [0.1, 0.15) is 27.8 Å². The van der Waals surface area contributed by atoms with E-state index in [1.165, 1.54) is 0 Å². The standard InChI is InChI=1S/C11HF9N2/c12-9(13,14)6-1-4(2-21)5(3-22)7(10(15,16)17)8(6)11(18,19)20/h1H. The molecule has 1 rings (SSSR count). The Balaban J connectivity index is 4.18. The average molecular weight is 332 g/mol. The van der Waals surface area contributed by atoms with E-state index < -0.39 is 52.4 Å². The van der Waals surface area contributed by atoms with Crippen LogP contribution in [0.2, 0.25) is 0 Å². The van der Waals surface area contributed by atoms with Crippen LogP contribution < -0.4 is 0 Å². The molecule has 2 nitrogen and oxygen atoms in total. The highest BCUT2D eigenvalue weighted by Crippen LogP contribution is 2.48. The number of hydrogen-bond donors (Lipinski definition) is 0. The second-order valence-electron chi connectivity index (χ2n) is 3.81. The quantitative estimate of drug-likeness (QED) is 0.658. The van der Waals surface area contributed by atoms with Gasteiger partial charge in [0.2, 0.25) is 0 Å². The van der Waals surface area contributed by atoms with E-state index >= 15 is 0 Å². The monoisotopic (exact) mass is 332 g/mol. The fraction of sp³-hybridized carbons (Fsp3) is 0.273. The Kier molecular flexibility index (Phi) is 4.07. The van der Waals surface area contributed by atoms with Crippen LogP contribution in [0, 0.1) is 22.7 Å². The lowest BCUT2D eigenvalue weighted by Gasteiger charge is -2.22. The Morgan fingerprint density at radius 3 is 1.41 bits per heavy atom. The maximum Gasteiger partial charge on any atom is 0.418 e. The van der Waals surface area contributed by atoms with Crippen molar-refractivity contribution in [2.24, 2.45) is 0 Å². The molecule has 1 aromatic rings. The van der Waals surface area contributed by atoms with Gasteiger partial charge in [0.25, 0.3) is 0 Å². The summed E-state index contributed by atoms with van der Waals surface area (Å²) in [4.78, 5) is 0. The van der Waals surface area contributed by atoms with E-state index in [2.05, 4.69) is 0 Å². The molecule has 1 aromatic carbocycles. The average Bonchev–Trinajstić information content (AvgIpc) is 2.32. The molecule has 0 aromatic heterocycles. The number of hydrogen-bond acceptors (Lipinski definition) is 2. The highest BCUT2D eigenvalue weighted by atomic mass is 19.4. The number of rotatable bonds is 0. The Bertz CT molecular complexity index is 680. The van der Waals surface area contributed by atoms with Gasteiger partial charge in [-0.3, -0.25) is 0 Å². The second-order valence-corrected chi connectivity index (χ2v) is 3.81. The van der Waals surface area contributed by atoms with Crippen LogP contribution >= 0.6 is 0 Å². The first-order valence-corrected chi connectivity index (χ1v) is 4.98. The van der Waals surface area contributed by atoms with Crippen LogP contribution in [0.5, 0.6) is 0 Å². The minimum Gasteiger partial charge on any atom is -0.192 e. The summed E-state index contributed by atoms with van der Waals surface area (Å²) in [6, 6.07) is 1.14. The molecule has 0 saturated carbocycles. The zero-order valence-corrected chi connectivity index (χ0v) is 9.87. The molecule has 0 radical (unpaired) electrons. The van der Waals surface area contributed by atoms with Crippen molar-refractivity contribution in [1.82, 2.24) is 0 Å². The van der Waals surface area contributed by atoms with E-state index in [4.69, 9.17) is 10.5 Å². The maximum atomic E-state index is 12.8. The molecule has 0 spiro atoms. The predicted molar refractivity (Wildman–Crippen MR) is 50.9 cm³/mol. The largest absolute Gasteiger partial charge is 0.418 e. The van der Waals surface area contributed by atoms with Gasteiger partial charge in [0.05, 0.1) is 27.8 Å². The van der Waals surface area contributed by atoms with Gasteiger partial charge >= 0.3 is 18.5 Å². The lowest BCUT2D eigenvalue weighted by atomic mass is 9.91. The molecule has 0 aliphatic rings. The van der Waals surface area contributed by atoms with Gasteiger partial charge in [0.1, 0.15) is 12.1 Å². The van der Waals surface area contributed by atoms with Crippen LogP contribution in [0.15, 0.2) is 6.07 Å². The molecule has 0 unspecified atom stereocenters. The molecule has 0 amide bonds. The summed E-state index contributed by atoms with van der Waals surface area (Å²) < 4.78 is 114. The molecule has 22 heavy (non-hydrogen) atoms. The third-order valence-corrected chi connectivity index (χ3v) is 2.43. The second kappa shape index (κ2) is 5.09. The first kappa shape index (κ1) is 17.6. The summed E-state index contributed by atoms with van der Waals surface area (Å²) >= 11 is 0. The topological polar surface area (TPSA) is 47.6 Å². The Morgan fingerprint density at radius 2 is 1.14 bits per heavy atom. The van der Waals surface area contributed by atoms with E-state index in [9.17, 15) is 39.5 Å². The van der Waals surface area contributed by atoms with Gasteiger partial charge in [0, 0.05) is 0 Å². The van der Waals surface area contributed by atoms with Crippen molar-refractivity contribution in [2.45, 2.75) is 18.5 Å². The molecule has 0 aliphatic carbocycles. The molecular weight excluding hydrogens is 331 g/mol. The molecule has 0 bridgehead atoms. The summed E-state index contributed by atoms with van der Waals surface area (Å²) in [5.41, 5.74) is -11.8. The fourth-order valence-corrected chi connectivity index (χ4v) is 1.69. The Labute approximate surface area is 116 Å². The lowest BCUT2D eigenvalue weighted by Crippen LogP contribution is -2.25. The highest BCUT2D eigenvalue weighted by Gasteiger charge is 2.52. The minimum absolute atomic E-state index is 0.420. The molecule has 0 N–H and O–H groups in total. The third-order valence-electron chi connectivity index (χ3n) is 2.43. The smallest absolute Gasteiger partial charge is 0.192 e. The molecule has 11 heteroatoms. The number of nitrogens with zero attached hydrogens (tertiary/aromatic N) is 2. The van der Waals surface area contributed by atoms with E-state index in [0.29, 0.717) is 6.07 Å². The lowest BCUT2D eigenvalue weighted by molar-refractivity contribution is -0.174. The van der Waals surface area contributed by atoms with Gasteiger partial charge in [-0.05, 0) is 6.07 Å². The van der Waals surface area contributed by atoms with E-state index in [1.54, 1.807) is 0 Å². The number of alkyl halides is 9. The van der Waals surface area contributed by atoms with Crippen LogP contribution in [-0.4, -0.2) is 0 Å². The first-order valence-electron chi connectivity index (χ1n) is 4.98. The van der Waals surface area contributed by atoms with Crippen molar-refractivity contribution in [3.8, 4) is 12.1 Å². The number of benzene rings is 1.